The van der Waals surface area contributed by atoms with E-state index in [9.17, 15) is 0 Å². The summed E-state index contributed by atoms with van der Waals surface area (Å²) in [6, 6.07) is 0. The fourth-order valence-corrected chi connectivity index (χ4v) is 0.986. The molecule has 53 valence electrons. The molecule has 0 aromatic rings. The number of ether oxygens (including phenoxy) is 1. The Balaban J connectivity index is 2.08. The van der Waals surface area contributed by atoms with Crippen molar-refractivity contribution in [2.45, 2.75) is 19.8 Å². The molecule has 0 saturated carbocycles. The van der Waals surface area contributed by atoms with Gasteiger partial charge in [-0.25, -0.2) is 0 Å². The van der Waals surface area contributed by atoms with Crippen molar-refractivity contribution < 1.29 is 4.74 Å². The molecule has 0 unspecified atom stereocenters. The smallest absolute Gasteiger partial charge is 0.111 e. The third-order valence-corrected chi connectivity index (χ3v) is 1.44. The molecule has 0 aromatic heterocycles. The SMILES string of the molecule is CCC[C]1CNCCO1. The van der Waals surface area contributed by atoms with E-state index in [2.05, 4.69) is 12.2 Å². The summed E-state index contributed by atoms with van der Waals surface area (Å²) in [6.45, 7) is 5.00. The second kappa shape index (κ2) is 3.85. The van der Waals surface area contributed by atoms with Crippen LogP contribution in [0.3, 0.4) is 0 Å². The normalized spacial score (nSPS) is 22.3. The van der Waals surface area contributed by atoms with Gasteiger partial charge in [-0.15, -0.1) is 0 Å². The molecule has 0 aromatic carbocycles. The summed E-state index contributed by atoms with van der Waals surface area (Å²) >= 11 is 0. The predicted octanol–water partition coefficient (Wildman–Crippen LogP) is 0.938. The lowest BCUT2D eigenvalue weighted by atomic mass is 10.2. The Bertz CT molecular complexity index is 66.6. The number of hydrogen-bond donors (Lipinski definition) is 1. The maximum absolute atomic E-state index is 5.37. The van der Waals surface area contributed by atoms with Crippen molar-refractivity contribution >= 4 is 0 Å². The van der Waals surface area contributed by atoms with Gasteiger partial charge in [-0.3, -0.25) is 0 Å². The topological polar surface area (TPSA) is 21.3 Å². The van der Waals surface area contributed by atoms with Gasteiger partial charge in [-0.1, -0.05) is 13.3 Å². The highest BCUT2D eigenvalue weighted by Gasteiger charge is 2.11. The maximum Gasteiger partial charge on any atom is 0.111 e. The van der Waals surface area contributed by atoms with Crippen LogP contribution in [0.4, 0.5) is 0 Å². The minimum absolute atomic E-state index is 0.856. The Labute approximate surface area is 56.6 Å². The van der Waals surface area contributed by atoms with Crippen LogP contribution in [0.15, 0.2) is 0 Å². The summed E-state index contributed by atoms with van der Waals surface area (Å²) in [7, 11) is 0. The first-order valence-electron chi connectivity index (χ1n) is 3.61. The van der Waals surface area contributed by atoms with Gasteiger partial charge in [0.1, 0.15) is 6.10 Å². The molecule has 0 spiro atoms. The van der Waals surface area contributed by atoms with Crippen LogP contribution in [0.2, 0.25) is 0 Å². The van der Waals surface area contributed by atoms with Crippen molar-refractivity contribution in [3.63, 3.8) is 0 Å². The second-order valence-electron chi connectivity index (χ2n) is 2.31. The van der Waals surface area contributed by atoms with E-state index in [1.54, 1.807) is 0 Å². The number of morpholine rings is 1. The summed E-state index contributed by atoms with van der Waals surface area (Å²) in [5.41, 5.74) is 0. The lowest BCUT2D eigenvalue weighted by molar-refractivity contribution is 0.104. The molecule has 0 bridgehead atoms. The summed E-state index contributed by atoms with van der Waals surface area (Å²) in [5, 5.41) is 3.26. The van der Waals surface area contributed by atoms with Gasteiger partial charge in [-0.05, 0) is 6.42 Å². The second-order valence-corrected chi connectivity index (χ2v) is 2.31. The highest BCUT2D eigenvalue weighted by atomic mass is 16.5. The average molecular weight is 128 g/mol. The highest BCUT2D eigenvalue weighted by Crippen LogP contribution is 2.11. The largest absolute Gasteiger partial charge is 0.369 e. The van der Waals surface area contributed by atoms with Crippen LogP contribution in [0, 0.1) is 6.10 Å². The molecule has 1 rings (SSSR count). The van der Waals surface area contributed by atoms with Crippen LogP contribution < -0.4 is 5.32 Å². The molecule has 0 amide bonds. The molecule has 1 fully saturated rings. The molecular weight excluding hydrogens is 114 g/mol. The van der Waals surface area contributed by atoms with E-state index in [1.807, 2.05) is 0 Å². The molecule has 1 aliphatic heterocycles. The fraction of sp³-hybridized carbons (Fsp3) is 0.857. The third-order valence-electron chi connectivity index (χ3n) is 1.44. The fourth-order valence-electron chi connectivity index (χ4n) is 0.986. The van der Waals surface area contributed by atoms with Gasteiger partial charge in [0, 0.05) is 13.1 Å². The maximum atomic E-state index is 5.37. The Morgan fingerprint density at radius 2 is 2.56 bits per heavy atom. The van der Waals surface area contributed by atoms with Gasteiger partial charge >= 0.3 is 0 Å². The first kappa shape index (κ1) is 7.03. The summed E-state index contributed by atoms with van der Waals surface area (Å²) in [5.74, 6) is 0. The lowest BCUT2D eigenvalue weighted by Gasteiger charge is -2.21. The first-order valence-corrected chi connectivity index (χ1v) is 3.61. The van der Waals surface area contributed by atoms with Crippen LogP contribution in [0.1, 0.15) is 19.8 Å². The summed E-state index contributed by atoms with van der Waals surface area (Å²) in [4.78, 5) is 0. The molecule has 1 N–H and O–H groups in total. The monoisotopic (exact) mass is 128 g/mol. The van der Waals surface area contributed by atoms with Gasteiger partial charge in [0.05, 0.1) is 6.61 Å². The van der Waals surface area contributed by atoms with Crippen LogP contribution in [0.5, 0.6) is 0 Å². The van der Waals surface area contributed by atoms with Gasteiger partial charge in [-0.2, -0.15) is 0 Å². The number of nitrogens with one attached hydrogen (secondary N) is 1. The molecule has 0 atom stereocenters. The Morgan fingerprint density at radius 3 is 3.11 bits per heavy atom. The van der Waals surface area contributed by atoms with Crippen LogP contribution >= 0.6 is 0 Å². The Kier molecular flexibility index (Phi) is 3.01. The van der Waals surface area contributed by atoms with Crippen LogP contribution in [-0.4, -0.2) is 19.7 Å². The Hall–Kier alpha value is -0.0800. The standard InChI is InChI=1S/C7H14NO/c1-2-3-7-6-8-4-5-9-7/h8H,2-6H2,1H3. The zero-order valence-electron chi connectivity index (χ0n) is 5.94. The van der Waals surface area contributed by atoms with E-state index in [1.165, 1.54) is 12.5 Å². The molecule has 2 nitrogen and oxygen atoms in total. The van der Waals surface area contributed by atoms with Crippen molar-refractivity contribution in [2.75, 3.05) is 19.7 Å². The van der Waals surface area contributed by atoms with Crippen LogP contribution in [0.25, 0.3) is 0 Å². The third kappa shape index (κ3) is 2.33. The van der Waals surface area contributed by atoms with Crippen molar-refractivity contribution in [3.05, 3.63) is 6.10 Å². The number of hydrogen-bond acceptors (Lipinski definition) is 2. The van der Waals surface area contributed by atoms with Gasteiger partial charge < -0.3 is 10.1 Å². The van der Waals surface area contributed by atoms with Gasteiger partial charge in [0.15, 0.2) is 0 Å². The zero-order chi connectivity index (χ0) is 6.53. The molecule has 1 aliphatic rings. The molecule has 2 heteroatoms. The lowest BCUT2D eigenvalue weighted by Crippen LogP contribution is -2.33. The molecular formula is C7H14NO. The Morgan fingerprint density at radius 1 is 1.67 bits per heavy atom. The van der Waals surface area contributed by atoms with Crippen molar-refractivity contribution in [2.24, 2.45) is 0 Å². The highest BCUT2D eigenvalue weighted by molar-refractivity contribution is 4.83. The van der Waals surface area contributed by atoms with E-state index >= 15 is 0 Å². The predicted molar refractivity (Wildman–Crippen MR) is 37.0 cm³/mol. The minimum Gasteiger partial charge on any atom is -0.369 e. The molecule has 1 saturated heterocycles. The van der Waals surface area contributed by atoms with Gasteiger partial charge in [0.25, 0.3) is 0 Å². The first-order chi connectivity index (χ1) is 4.43. The van der Waals surface area contributed by atoms with Crippen molar-refractivity contribution in [1.82, 2.24) is 5.32 Å². The van der Waals surface area contributed by atoms with E-state index < -0.39 is 0 Å². The molecule has 1 heterocycles. The summed E-state index contributed by atoms with van der Waals surface area (Å²) in [6.07, 6.45) is 3.54. The van der Waals surface area contributed by atoms with Gasteiger partial charge in [0.2, 0.25) is 0 Å². The molecule has 9 heavy (non-hydrogen) atoms. The quantitative estimate of drug-likeness (QED) is 0.597. The van der Waals surface area contributed by atoms with E-state index in [0.717, 1.165) is 26.1 Å². The molecule has 0 aliphatic carbocycles. The van der Waals surface area contributed by atoms with E-state index in [0.29, 0.717) is 0 Å². The van der Waals surface area contributed by atoms with Crippen molar-refractivity contribution in [1.29, 1.82) is 0 Å². The van der Waals surface area contributed by atoms with Crippen molar-refractivity contribution in [3.8, 4) is 0 Å². The zero-order valence-corrected chi connectivity index (χ0v) is 5.94. The van der Waals surface area contributed by atoms with E-state index in [-0.39, 0.29) is 0 Å². The number of rotatable bonds is 2. The van der Waals surface area contributed by atoms with Crippen LogP contribution in [-0.2, 0) is 4.74 Å². The minimum atomic E-state index is 0.856. The molecule has 1 radical (unpaired) electrons. The summed E-state index contributed by atoms with van der Waals surface area (Å²) < 4.78 is 5.37. The average Bonchev–Trinajstić information content (AvgIpc) is 1.91. The van der Waals surface area contributed by atoms with E-state index in [4.69, 9.17) is 4.74 Å².